The van der Waals surface area contributed by atoms with Gasteiger partial charge in [0.1, 0.15) is 30.3 Å². The van der Waals surface area contributed by atoms with Gasteiger partial charge in [-0.05, 0) is 61.0 Å². The molecular formula is C25H23ClFN5O2. The van der Waals surface area contributed by atoms with Crippen LogP contribution < -0.4 is 20.7 Å². The van der Waals surface area contributed by atoms with Crippen molar-refractivity contribution in [1.29, 1.82) is 0 Å². The second kappa shape index (κ2) is 9.32. The van der Waals surface area contributed by atoms with Crippen molar-refractivity contribution in [2.75, 3.05) is 22.5 Å². The fraction of sp³-hybridized carbons (Fsp3) is 0.200. The van der Waals surface area contributed by atoms with Gasteiger partial charge in [-0.2, -0.15) is 0 Å². The molecule has 0 bridgehead atoms. The lowest BCUT2D eigenvalue weighted by Crippen LogP contribution is -2.36. The number of hydrogen-bond acceptors (Lipinski definition) is 7. The van der Waals surface area contributed by atoms with E-state index in [9.17, 15) is 4.39 Å². The summed E-state index contributed by atoms with van der Waals surface area (Å²) >= 11 is 6.52. The number of ether oxygens (including phenoxy) is 2. The molecule has 3 aromatic carbocycles. The number of anilines is 3. The van der Waals surface area contributed by atoms with Crippen molar-refractivity contribution in [1.82, 2.24) is 9.97 Å². The smallest absolute Gasteiger partial charge is 0.208 e. The number of aromatic nitrogens is 2. The summed E-state index contributed by atoms with van der Waals surface area (Å²) in [6.07, 6.45) is 1.05. The van der Waals surface area contributed by atoms with E-state index in [1.54, 1.807) is 12.1 Å². The van der Waals surface area contributed by atoms with Gasteiger partial charge in [-0.3, -0.25) is 0 Å². The van der Waals surface area contributed by atoms with Crippen LogP contribution in [0.25, 0.3) is 10.9 Å². The third-order valence-corrected chi connectivity index (χ3v) is 5.88. The molecule has 0 saturated carbocycles. The summed E-state index contributed by atoms with van der Waals surface area (Å²) in [6, 6.07) is 17.6. The van der Waals surface area contributed by atoms with Crippen LogP contribution >= 0.6 is 11.6 Å². The van der Waals surface area contributed by atoms with E-state index >= 15 is 0 Å². The molecule has 0 spiro atoms. The van der Waals surface area contributed by atoms with Gasteiger partial charge in [0.15, 0.2) is 0 Å². The van der Waals surface area contributed by atoms with Crippen LogP contribution in [0.15, 0.2) is 67.0 Å². The Morgan fingerprint density at radius 2 is 2.06 bits per heavy atom. The summed E-state index contributed by atoms with van der Waals surface area (Å²) < 4.78 is 25.3. The lowest BCUT2D eigenvalue weighted by molar-refractivity contribution is 0.0759. The number of fused-ring (bicyclic) bond motifs is 1. The number of nitrogens with two attached hydrogens (primary N) is 1. The molecule has 1 fully saturated rings. The van der Waals surface area contributed by atoms with Crippen molar-refractivity contribution in [3.63, 3.8) is 0 Å². The number of benzene rings is 3. The first kappa shape index (κ1) is 22.2. The van der Waals surface area contributed by atoms with Crippen LogP contribution in [-0.2, 0) is 11.3 Å². The number of nitrogen functional groups attached to an aromatic ring is 1. The van der Waals surface area contributed by atoms with Gasteiger partial charge >= 0.3 is 0 Å². The van der Waals surface area contributed by atoms with E-state index < -0.39 is 6.35 Å². The molecule has 1 aliphatic rings. The average molecular weight is 480 g/mol. The van der Waals surface area contributed by atoms with Crippen molar-refractivity contribution in [2.24, 2.45) is 0 Å². The van der Waals surface area contributed by atoms with Crippen molar-refractivity contribution >= 4 is 39.7 Å². The van der Waals surface area contributed by atoms with Crippen LogP contribution in [0.1, 0.15) is 12.5 Å². The molecule has 4 aromatic rings. The molecule has 3 N–H and O–H groups in total. The predicted octanol–water partition coefficient (Wildman–Crippen LogP) is 5.20. The number of hydrogen-bond donors (Lipinski definition) is 2. The van der Waals surface area contributed by atoms with Crippen LogP contribution in [-0.4, -0.2) is 29.0 Å². The first-order valence-electron chi connectivity index (χ1n) is 10.8. The molecule has 5 rings (SSSR count). The monoisotopic (exact) mass is 479 g/mol. The lowest BCUT2D eigenvalue weighted by Gasteiger charge is -2.27. The summed E-state index contributed by atoms with van der Waals surface area (Å²) in [4.78, 5) is 10.4. The average Bonchev–Trinajstić information content (AvgIpc) is 3.18. The predicted molar refractivity (Wildman–Crippen MR) is 131 cm³/mol. The maximum absolute atomic E-state index is 13.4. The molecule has 1 saturated heterocycles. The Balaban J connectivity index is 1.33. The van der Waals surface area contributed by atoms with Gasteiger partial charge < -0.3 is 25.4 Å². The van der Waals surface area contributed by atoms with Crippen LogP contribution in [0.3, 0.4) is 0 Å². The van der Waals surface area contributed by atoms with E-state index in [0.29, 0.717) is 23.1 Å². The van der Waals surface area contributed by atoms with Crippen LogP contribution in [0.4, 0.5) is 21.6 Å². The van der Waals surface area contributed by atoms with E-state index in [4.69, 9.17) is 26.8 Å². The van der Waals surface area contributed by atoms with E-state index in [0.717, 1.165) is 27.8 Å². The second-order valence-electron chi connectivity index (χ2n) is 8.12. The summed E-state index contributed by atoms with van der Waals surface area (Å²) in [6.45, 7) is 2.91. The largest absolute Gasteiger partial charge is 0.487 e. The molecule has 174 valence electrons. The normalized spacial score (nSPS) is 17.8. The maximum Gasteiger partial charge on any atom is 0.208 e. The number of halogens is 2. The van der Waals surface area contributed by atoms with E-state index in [2.05, 4.69) is 20.2 Å². The first-order chi connectivity index (χ1) is 16.5. The quantitative estimate of drug-likeness (QED) is 0.393. The molecular weight excluding hydrogens is 457 g/mol. The molecule has 2 heterocycles. The minimum Gasteiger partial charge on any atom is -0.487 e. The van der Waals surface area contributed by atoms with Gasteiger partial charge in [0.25, 0.3) is 0 Å². The van der Waals surface area contributed by atoms with E-state index in [1.807, 2.05) is 43.3 Å². The highest BCUT2D eigenvalue weighted by molar-refractivity contribution is 6.32. The Hall–Kier alpha value is -3.62. The Morgan fingerprint density at radius 1 is 1.18 bits per heavy atom. The molecule has 2 atom stereocenters. The third-order valence-electron chi connectivity index (χ3n) is 5.58. The topological polar surface area (TPSA) is 85.5 Å². The molecule has 1 aromatic heterocycles. The first-order valence-corrected chi connectivity index (χ1v) is 11.2. The van der Waals surface area contributed by atoms with Crippen molar-refractivity contribution in [3.8, 4) is 5.75 Å². The Bertz CT molecular complexity index is 1340. The summed E-state index contributed by atoms with van der Waals surface area (Å²) in [5.74, 6) is 0.648. The van der Waals surface area contributed by atoms with Crippen molar-refractivity contribution in [3.05, 3.63) is 83.4 Å². The van der Waals surface area contributed by atoms with Crippen molar-refractivity contribution in [2.45, 2.75) is 26.0 Å². The fourth-order valence-corrected chi connectivity index (χ4v) is 4.17. The third kappa shape index (κ3) is 4.69. The SMILES string of the molecule is CC1CN(c2ccc(OCc3cccc(F)c3)c(Cl)c2)C(Nc2ccc3ncnc(N)c3c2)O1. The molecule has 0 amide bonds. The fourth-order valence-electron chi connectivity index (χ4n) is 3.94. The highest BCUT2D eigenvalue weighted by Crippen LogP contribution is 2.34. The van der Waals surface area contributed by atoms with Gasteiger partial charge in [0.05, 0.1) is 16.6 Å². The molecule has 1 aliphatic heterocycles. The van der Waals surface area contributed by atoms with E-state index in [1.165, 1.54) is 18.5 Å². The Morgan fingerprint density at radius 3 is 2.88 bits per heavy atom. The number of nitrogens with one attached hydrogen (secondary N) is 1. The molecule has 0 radical (unpaired) electrons. The zero-order valence-corrected chi connectivity index (χ0v) is 19.2. The highest BCUT2D eigenvalue weighted by Gasteiger charge is 2.31. The molecule has 7 nitrogen and oxygen atoms in total. The van der Waals surface area contributed by atoms with Gasteiger partial charge in [-0.15, -0.1) is 0 Å². The molecule has 34 heavy (non-hydrogen) atoms. The zero-order valence-electron chi connectivity index (χ0n) is 18.4. The summed E-state index contributed by atoms with van der Waals surface area (Å²) in [5, 5.41) is 4.64. The standard InChI is InChI=1S/C25H23ClFN5O2/c1-15-12-32(25(34-15)31-18-5-7-22-20(10-18)24(28)30-14-29-22)19-6-8-23(21(26)11-19)33-13-16-3-2-4-17(27)9-16/h2-11,14-15,25,31H,12-13H2,1H3,(H2,28,29,30). The van der Waals surface area contributed by atoms with Crippen molar-refractivity contribution < 1.29 is 13.9 Å². The molecule has 9 heteroatoms. The maximum atomic E-state index is 13.4. The van der Waals surface area contributed by atoms with Crippen LogP contribution in [0.2, 0.25) is 5.02 Å². The molecule has 2 unspecified atom stereocenters. The molecule has 0 aliphatic carbocycles. The number of rotatable bonds is 6. The van der Waals surface area contributed by atoms with Crippen LogP contribution in [0, 0.1) is 5.82 Å². The zero-order chi connectivity index (χ0) is 23.7. The summed E-state index contributed by atoms with van der Waals surface area (Å²) in [7, 11) is 0. The van der Waals surface area contributed by atoms with Gasteiger partial charge in [0.2, 0.25) is 6.35 Å². The second-order valence-corrected chi connectivity index (χ2v) is 8.53. The summed E-state index contributed by atoms with van der Waals surface area (Å²) in [5.41, 5.74) is 9.23. The minimum atomic E-state index is -0.409. The highest BCUT2D eigenvalue weighted by atomic mass is 35.5. The van der Waals surface area contributed by atoms with Gasteiger partial charge in [0, 0.05) is 23.3 Å². The Kier molecular flexibility index (Phi) is 6.08. The van der Waals surface area contributed by atoms with E-state index in [-0.39, 0.29) is 18.5 Å². The van der Waals surface area contributed by atoms with Gasteiger partial charge in [-0.25, -0.2) is 14.4 Å². The van der Waals surface area contributed by atoms with Crippen LogP contribution in [0.5, 0.6) is 5.75 Å². The number of nitrogens with zero attached hydrogens (tertiary/aromatic N) is 3. The lowest BCUT2D eigenvalue weighted by atomic mass is 10.2. The Labute approximate surface area is 201 Å². The minimum absolute atomic E-state index is 0.00837. The van der Waals surface area contributed by atoms with Gasteiger partial charge in [-0.1, -0.05) is 23.7 Å².